The SMILES string of the molecule is O=P(O)(O)C(F)(F)c1ccc(C(S)c2nnc(-c3ccncc3)o2)cc1Br. The Morgan fingerprint density at radius 2 is 1.85 bits per heavy atom. The van der Waals surface area contributed by atoms with Crippen molar-refractivity contribution >= 4 is 36.2 Å². The maximum absolute atomic E-state index is 13.9. The van der Waals surface area contributed by atoms with E-state index in [-0.39, 0.29) is 16.3 Å². The molecule has 1 aromatic carbocycles. The van der Waals surface area contributed by atoms with Crippen LogP contribution in [0.5, 0.6) is 0 Å². The third-order valence-corrected chi connectivity index (χ3v) is 5.75. The quantitative estimate of drug-likeness (QED) is 0.374. The van der Waals surface area contributed by atoms with Gasteiger partial charge >= 0.3 is 13.3 Å². The fourth-order valence-corrected chi connectivity index (χ4v) is 3.77. The van der Waals surface area contributed by atoms with E-state index in [0.29, 0.717) is 11.1 Å². The summed E-state index contributed by atoms with van der Waals surface area (Å²) < 4.78 is 44.3. The first-order valence-electron chi connectivity index (χ1n) is 7.26. The zero-order valence-electron chi connectivity index (χ0n) is 13.2. The number of hydrogen-bond donors (Lipinski definition) is 3. The molecule has 0 bridgehead atoms. The molecule has 3 rings (SSSR count). The van der Waals surface area contributed by atoms with Crippen LogP contribution in [0, 0.1) is 0 Å². The molecular weight excluding hydrogens is 467 g/mol. The fraction of sp³-hybridized carbons (Fsp3) is 0.133. The minimum absolute atomic E-state index is 0.131. The molecule has 2 N–H and O–H groups in total. The molecule has 0 aliphatic rings. The molecule has 27 heavy (non-hydrogen) atoms. The van der Waals surface area contributed by atoms with Crippen molar-refractivity contribution in [1.82, 2.24) is 15.2 Å². The second-order valence-electron chi connectivity index (χ2n) is 5.41. The minimum Gasteiger partial charge on any atom is -0.419 e. The van der Waals surface area contributed by atoms with Crippen molar-refractivity contribution < 1.29 is 27.5 Å². The largest absolute Gasteiger partial charge is 0.419 e. The van der Waals surface area contributed by atoms with Crippen molar-refractivity contribution in [2.24, 2.45) is 0 Å². The summed E-state index contributed by atoms with van der Waals surface area (Å²) in [4.78, 5) is 21.6. The number of benzene rings is 1. The number of halogens is 3. The van der Waals surface area contributed by atoms with Gasteiger partial charge in [0.1, 0.15) is 5.25 Å². The number of rotatable bonds is 5. The Balaban J connectivity index is 1.91. The third kappa shape index (κ3) is 3.97. The molecule has 0 radical (unpaired) electrons. The summed E-state index contributed by atoms with van der Waals surface area (Å²) in [6.45, 7) is 0. The standard InChI is InChI=1S/C15H11BrF2N3O4PS/c16-11-7-9(1-2-10(11)15(17,18)26(22,23)24)12(27)14-21-20-13(25-14)8-3-5-19-6-4-8/h1-7,12,27H,(H2,22,23,24). The van der Waals surface area contributed by atoms with Crippen LogP contribution in [0.4, 0.5) is 8.78 Å². The van der Waals surface area contributed by atoms with Gasteiger partial charge in [-0.25, -0.2) is 0 Å². The number of nitrogens with zero attached hydrogens (tertiary/aromatic N) is 3. The second-order valence-corrected chi connectivity index (χ2v) is 8.43. The summed E-state index contributed by atoms with van der Waals surface area (Å²) in [6.07, 6.45) is 3.13. The predicted molar refractivity (Wildman–Crippen MR) is 98.4 cm³/mol. The van der Waals surface area contributed by atoms with Gasteiger partial charge in [0.25, 0.3) is 0 Å². The van der Waals surface area contributed by atoms with E-state index in [0.717, 1.165) is 6.07 Å². The fourth-order valence-electron chi connectivity index (χ4n) is 2.20. The van der Waals surface area contributed by atoms with Crippen LogP contribution in [-0.2, 0) is 10.2 Å². The molecule has 142 valence electrons. The molecule has 0 saturated carbocycles. The van der Waals surface area contributed by atoms with Crippen LogP contribution >= 0.6 is 36.2 Å². The van der Waals surface area contributed by atoms with Gasteiger partial charge in [-0.3, -0.25) is 9.55 Å². The molecular formula is C15H11BrF2N3O4PS. The molecule has 12 heteroatoms. The van der Waals surface area contributed by atoms with E-state index in [4.69, 9.17) is 14.2 Å². The van der Waals surface area contributed by atoms with Crippen LogP contribution in [0.25, 0.3) is 11.5 Å². The topological polar surface area (TPSA) is 109 Å². The van der Waals surface area contributed by atoms with Crippen molar-refractivity contribution in [3.63, 3.8) is 0 Å². The molecule has 0 aliphatic carbocycles. The van der Waals surface area contributed by atoms with Crippen molar-refractivity contribution in [2.75, 3.05) is 0 Å². The monoisotopic (exact) mass is 477 g/mol. The number of aromatic nitrogens is 3. The molecule has 1 unspecified atom stereocenters. The van der Waals surface area contributed by atoms with Crippen LogP contribution in [0.1, 0.15) is 22.3 Å². The van der Waals surface area contributed by atoms with Crippen LogP contribution < -0.4 is 0 Å². The molecule has 7 nitrogen and oxygen atoms in total. The second kappa shape index (κ2) is 7.40. The van der Waals surface area contributed by atoms with Crippen molar-refractivity contribution in [1.29, 1.82) is 0 Å². The highest BCUT2D eigenvalue weighted by Crippen LogP contribution is 2.60. The first kappa shape index (κ1) is 20.1. The number of thiol groups is 1. The summed E-state index contributed by atoms with van der Waals surface area (Å²) >= 11 is 7.30. The highest BCUT2D eigenvalue weighted by Gasteiger charge is 2.51. The van der Waals surface area contributed by atoms with Crippen LogP contribution in [0.2, 0.25) is 0 Å². The minimum atomic E-state index is -5.67. The number of pyridine rings is 1. The van der Waals surface area contributed by atoms with Crippen molar-refractivity contribution in [3.05, 3.63) is 64.2 Å². The average Bonchev–Trinajstić information content (AvgIpc) is 3.10. The lowest BCUT2D eigenvalue weighted by Gasteiger charge is -2.20. The smallest absolute Gasteiger partial charge is 0.399 e. The van der Waals surface area contributed by atoms with Gasteiger partial charge in [0.15, 0.2) is 0 Å². The lowest BCUT2D eigenvalue weighted by Crippen LogP contribution is -2.14. The molecule has 0 fully saturated rings. The van der Waals surface area contributed by atoms with Crippen LogP contribution in [0.3, 0.4) is 0 Å². The highest BCUT2D eigenvalue weighted by atomic mass is 79.9. The normalized spacial score (nSPS) is 13.6. The zero-order chi connectivity index (χ0) is 19.8. The molecule has 2 aromatic heterocycles. The van der Waals surface area contributed by atoms with Crippen LogP contribution in [0.15, 0.2) is 51.6 Å². The predicted octanol–water partition coefficient (Wildman–Crippen LogP) is 4.14. The number of hydrogen-bond acceptors (Lipinski definition) is 6. The highest BCUT2D eigenvalue weighted by molar-refractivity contribution is 9.10. The van der Waals surface area contributed by atoms with Gasteiger partial charge in [-0.05, 0) is 23.8 Å². The summed E-state index contributed by atoms with van der Waals surface area (Å²) in [7, 11) is -5.67. The summed E-state index contributed by atoms with van der Waals surface area (Å²) in [6, 6.07) is 6.81. The van der Waals surface area contributed by atoms with E-state index in [1.54, 1.807) is 24.5 Å². The van der Waals surface area contributed by atoms with E-state index >= 15 is 0 Å². The molecule has 0 saturated heterocycles. The van der Waals surface area contributed by atoms with E-state index in [9.17, 15) is 13.3 Å². The van der Waals surface area contributed by atoms with Gasteiger partial charge in [-0.1, -0.05) is 28.1 Å². The lowest BCUT2D eigenvalue weighted by atomic mass is 10.1. The first-order chi connectivity index (χ1) is 12.6. The molecule has 1 atom stereocenters. The molecule has 3 aromatic rings. The first-order valence-corrected chi connectivity index (χ1v) is 10.2. The van der Waals surface area contributed by atoms with Crippen LogP contribution in [-0.4, -0.2) is 25.0 Å². The Bertz CT molecular complexity index is 1020. The van der Waals surface area contributed by atoms with Gasteiger partial charge in [-0.15, -0.1) is 10.2 Å². The van der Waals surface area contributed by atoms with Gasteiger partial charge in [0.05, 0.1) is 0 Å². The van der Waals surface area contributed by atoms with E-state index in [1.807, 2.05) is 0 Å². The summed E-state index contributed by atoms with van der Waals surface area (Å²) in [5, 5.41) is 7.09. The van der Waals surface area contributed by atoms with Gasteiger partial charge < -0.3 is 14.2 Å². The Morgan fingerprint density at radius 3 is 2.44 bits per heavy atom. The third-order valence-electron chi connectivity index (χ3n) is 3.60. The maximum atomic E-state index is 13.9. The molecule has 0 amide bonds. The Labute approximate surface area is 165 Å². The summed E-state index contributed by atoms with van der Waals surface area (Å²) in [5.41, 5.74) is -4.08. The van der Waals surface area contributed by atoms with E-state index < -0.39 is 24.1 Å². The van der Waals surface area contributed by atoms with Crippen molar-refractivity contribution in [2.45, 2.75) is 10.9 Å². The number of alkyl halides is 2. The molecule has 2 heterocycles. The van der Waals surface area contributed by atoms with Gasteiger partial charge in [0, 0.05) is 28.0 Å². The average molecular weight is 478 g/mol. The lowest BCUT2D eigenvalue weighted by molar-refractivity contribution is 0.0557. The Kier molecular flexibility index (Phi) is 5.51. The maximum Gasteiger partial charge on any atom is 0.399 e. The zero-order valence-corrected chi connectivity index (χ0v) is 16.6. The molecule has 0 spiro atoms. The van der Waals surface area contributed by atoms with Gasteiger partial charge in [-0.2, -0.15) is 21.4 Å². The Morgan fingerprint density at radius 1 is 1.19 bits per heavy atom. The van der Waals surface area contributed by atoms with Crippen molar-refractivity contribution in [3.8, 4) is 11.5 Å². The van der Waals surface area contributed by atoms with E-state index in [1.165, 1.54) is 12.1 Å². The van der Waals surface area contributed by atoms with E-state index in [2.05, 4.69) is 43.7 Å². The summed E-state index contributed by atoms with van der Waals surface area (Å²) in [5.74, 6) is 0.377. The molecule has 0 aliphatic heterocycles. The Hall–Kier alpha value is -1.65. The van der Waals surface area contributed by atoms with Gasteiger partial charge in [0.2, 0.25) is 11.8 Å².